The first-order valence-corrected chi connectivity index (χ1v) is 6.70. The van der Waals surface area contributed by atoms with Crippen molar-refractivity contribution in [1.29, 1.82) is 0 Å². The zero-order valence-electron chi connectivity index (χ0n) is 11.8. The summed E-state index contributed by atoms with van der Waals surface area (Å²) in [5.41, 5.74) is 2.41. The quantitative estimate of drug-likeness (QED) is 0.347. The first-order chi connectivity index (χ1) is 9.87. The molecular weight excluding hydrogens is 272 g/mol. The van der Waals surface area contributed by atoms with Gasteiger partial charge < -0.3 is 0 Å². The van der Waals surface area contributed by atoms with Gasteiger partial charge in [0.25, 0.3) is 5.91 Å². The normalized spacial score (nSPS) is 25.8. The molecule has 1 aromatic rings. The van der Waals surface area contributed by atoms with Crippen molar-refractivity contribution in [3.05, 3.63) is 29.6 Å². The summed E-state index contributed by atoms with van der Waals surface area (Å²) in [5, 5.41) is 0. The second kappa shape index (κ2) is 4.36. The minimum absolute atomic E-state index is 0.0897. The summed E-state index contributed by atoms with van der Waals surface area (Å²) < 4.78 is 0. The number of fused-ring (bicyclic) bond motifs is 1. The summed E-state index contributed by atoms with van der Waals surface area (Å²) in [4.78, 5) is 41.2. The number of piperidine rings is 1. The molecule has 0 bridgehead atoms. The Hall–Kier alpha value is -2.28. The highest BCUT2D eigenvalue weighted by molar-refractivity contribution is 6.10. The molecule has 7 heteroatoms. The molecule has 2 aliphatic rings. The SMILES string of the molecule is CC1(C)C2C(=O)N(Cc3cccc(C(=O)NN)n3)C(=O)C21. The summed E-state index contributed by atoms with van der Waals surface area (Å²) in [5.74, 6) is 3.83. The number of hydrogen-bond donors (Lipinski definition) is 2. The smallest absolute Gasteiger partial charge is 0.283 e. The van der Waals surface area contributed by atoms with Gasteiger partial charge in [0.15, 0.2) is 0 Å². The molecule has 1 saturated heterocycles. The summed E-state index contributed by atoms with van der Waals surface area (Å²) in [6.45, 7) is 3.95. The van der Waals surface area contributed by atoms with Crippen molar-refractivity contribution in [3.63, 3.8) is 0 Å². The Labute approximate surface area is 121 Å². The number of nitrogens with one attached hydrogen (secondary N) is 1. The Bertz CT molecular complexity index is 631. The average Bonchev–Trinajstić information content (AvgIpc) is 2.94. The molecule has 110 valence electrons. The number of amides is 3. The predicted octanol–water partition coefficient (Wildman–Crippen LogP) is -0.174. The Morgan fingerprint density at radius 1 is 1.33 bits per heavy atom. The minimum Gasteiger partial charge on any atom is -0.289 e. The second-order valence-electron chi connectivity index (χ2n) is 6.03. The lowest BCUT2D eigenvalue weighted by molar-refractivity contribution is -0.143. The molecule has 0 aromatic carbocycles. The number of carbonyl (C=O) groups excluding carboxylic acids is 3. The maximum Gasteiger partial charge on any atom is 0.283 e. The molecule has 3 amide bonds. The van der Waals surface area contributed by atoms with E-state index < -0.39 is 5.91 Å². The summed E-state index contributed by atoms with van der Waals surface area (Å²) in [7, 11) is 0. The number of hydrazine groups is 1. The van der Waals surface area contributed by atoms with Crippen LogP contribution in [0.4, 0.5) is 0 Å². The van der Waals surface area contributed by atoms with E-state index in [1.54, 1.807) is 12.1 Å². The van der Waals surface area contributed by atoms with Crippen molar-refractivity contribution in [1.82, 2.24) is 15.3 Å². The fourth-order valence-corrected chi connectivity index (χ4v) is 3.09. The molecule has 3 N–H and O–H groups in total. The van der Waals surface area contributed by atoms with Crippen molar-refractivity contribution in [2.24, 2.45) is 23.1 Å². The molecule has 0 radical (unpaired) electrons. The molecule has 0 spiro atoms. The highest BCUT2D eigenvalue weighted by Gasteiger charge is 2.72. The van der Waals surface area contributed by atoms with Gasteiger partial charge in [-0.1, -0.05) is 19.9 Å². The van der Waals surface area contributed by atoms with Crippen LogP contribution >= 0.6 is 0 Å². The molecule has 2 fully saturated rings. The van der Waals surface area contributed by atoms with E-state index in [4.69, 9.17) is 5.84 Å². The van der Waals surface area contributed by atoms with E-state index in [1.807, 2.05) is 19.3 Å². The van der Waals surface area contributed by atoms with Crippen molar-refractivity contribution in [2.75, 3.05) is 0 Å². The molecule has 1 aromatic heterocycles. The van der Waals surface area contributed by atoms with Crippen LogP contribution in [0.3, 0.4) is 0 Å². The summed E-state index contributed by atoms with van der Waals surface area (Å²) in [6.07, 6.45) is 0. The highest BCUT2D eigenvalue weighted by Crippen LogP contribution is 2.63. The van der Waals surface area contributed by atoms with E-state index >= 15 is 0 Å². The number of aromatic nitrogens is 1. The van der Waals surface area contributed by atoms with Gasteiger partial charge in [-0.3, -0.25) is 24.7 Å². The topological polar surface area (TPSA) is 105 Å². The van der Waals surface area contributed by atoms with Gasteiger partial charge in [-0.15, -0.1) is 0 Å². The van der Waals surface area contributed by atoms with Crippen molar-refractivity contribution in [2.45, 2.75) is 20.4 Å². The van der Waals surface area contributed by atoms with Gasteiger partial charge >= 0.3 is 0 Å². The van der Waals surface area contributed by atoms with Gasteiger partial charge in [0.1, 0.15) is 5.69 Å². The largest absolute Gasteiger partial charge is 0.289 e. The molecule has 1 saturated carbocycles. The van der Waals surface area contributed by atoms with Gasteiger partial charge in [0.2, 0.25) is 11.8 Å². The number of pyridine rings is 1. The molecule has 1 aliphatic heterocycles. The number of rotatable bonds is 3. The van der Waals surface area contributed by atoms with Crippen LogP contribution in [-0.4, -0.2) is 27.6 Å². The molecule has 21 heavy (non-hydrogen) atoms. The Balaban J connectivity index is 1.78. The van der Waals surface area contributed by atoms with Crippen molar-refractivity contribution >= 4 is 17.7 Å². The van der Waals surface area contributed by atoms with E-state index in [-0.39, 0.29) is 41.3 Å². The Morgan fingerprint density at radius 2 is 1.95 bits per heavy atom. The average molecular weight is 288 g/mol. The maximum absolute atomic E-state index is 12.2. The maximum atomic E-state index is 12.2. The first-order valence-electron chi connectivity index (χ1n) is 6.70. The molecular formula is C14H16N4O3. The third-order valence-electron chi connectivity index (χ3n) is 4.38. The molecule has 3 rings (SSSR count). The number of likely N-dealkylation sites (tertiary alicyclic amines) is 1. The van der Waals surface area contributed by atoms with E-state index in [0.717, 1.165) is 0 Å². The lowest BCUT2D eigenvalue weighted by Gasteiger charge is -2.20. The molecule has 2 unspecified atom stereocenters. The third-order valence-corrected chi connectivity index (χ3v) is 4.38. The highest BCUT2D eigenvalue weighted by atomic mass is 16.2. The Morgan fingerprint density at radius 3 is 2.52 bits per heavy atom. The molecule has 1 aliphatic carbocycles. The van der Waals surface area contributed by atoms with Crippen LogP contribution in [0.15, 0.2) is 18.2 Å². The van der Waals surface area contributed by atoms with Crippen LogP contribution in [-0.2, 0) is 16.1 Å². The first kappa shape index (κ1) is 13.7. The number of carbonyl (C=O) groups is 3. The van der Waals surface area contributed by atoms with Gasteiger partial charge in [-0.05, 0) is 17.5 Å². The van der Waals surface area contributed by atoms with Crippen molar-refractivity contribution in [3.8, 4) is 0 Å². The van der Waals surface area contributed by atoms with E-state index in [1.165, 1.54) is 11.0 Å². The molecule has 7 nitrogen and oxygen atoms in total. The number of hydrogen-bond acceptors (Lipinski definition) is 5. The number of imide groups is 1. The lowest BCUT2D eigenvalue weighted by Crippen LogP contribution is -2.36. The standard InChI is InChI=1S/C14H16N4O3/c1-14(2)9-10(14)13(21)18(12(9)20)6-7-4-3-5-8(16-7)11(19)17-15/h3-5,9-10H,6,15H2,1-2H3,(H,17,19). The van der Waals surface area contributed by atoms with Gasteiger partial charge in [-0.2, -0.15) is 0 Å². The van der Waals surface area contributed by atoms with Crippen molar-refractivity contribution < 1.29 is 14.4 Å². The molecule has 2 atom stereocenters. The summed E-state index contributed by atoms with van der Waals surface area (Å²) in [6, 6.07) is 4.82. The van der Waals surface area contributed by atoms with Crippen LogP contribution in [0.5, 0.6) is 0 Å². The van der Waals surface area contributed by atoms with Gasteiger partial charge in [0.05, 0.1) is 24.1 Å². The number of nitrogens with two attached hydrogens (primary N) is 1. The van der Waals surface area contributed by atoms with Crippen LogP contribution < -0.4 is 11.3 Å². The predicted molar refractivity (Wildman–Crippen MR) is 72.2 cm³/mol. The number of nitrogens with zero attached hydrogens (tertiary/aromatic N) is 2. The minimum atomic E-state index is -0.514. The zero-order chi connectivity index (χ0) is 15.4. The van der Waals surface area contributed by atoms with Gasteiger partial charge in [0, 0.05) is 0 Å². The Kier molecular flexibility index (Phi) is 2.84. The van der Waals surface area contributed by atoms with E-state index in [0.29, 0.717) is 5.69 Å². The second-order valence-corrected chi connectivity index (χ2v) is 6.03. The van der Waals surface area contributed by atoms with Crippen LogP contribution in [0.25, 0.3) is 0 Å². The third kappa shape index (κ3) is 1.92. The van der Waals surface area contributed by atoms with Crippen LogP contribution in [0.2, 0.25) is 0 Å². The monoisotopic (exact) mass is 288 g/mol. The summed E-state index contributed by atoms with van der Waals surface area (Å²) >= 11 is 0. The van der Waals surface area contributed by atoms with E-state index in [9.17, 15) is 14.4 Å². The fourth-order valence-electron chi connectivity index (χ4n) is 3.09. The zero-order valence-corrected chi connectivity index (χ0v) is 11.8. The number of nitrogen functional groups attached to an aromatic ring is 1. The van der Waals surface area contributed by atoms with Crippen LogP contribution in [0, 0.1) is 17.3 Å². The lowest BCUT2D eigenvalue weighted by atomic mass is 10.1. The van der Waals surface area contributed by atoms with Gasteiger partial charge in [-0.25, -0.2) is 10.8 Å². The van der Waals surface area contributed by atoms with E-state index in [2.05, 4.69) is 4.98 Å². The fraction of sp³-hybridized carbons (Fsp3) is 0.429. The van der Waals surface area contributed by atoms with Crippen LogP contribution in [0.1, 0.15) is 30.0 Å². The molecule has 2 heterocycles.